The Kier molecular flexibility index (Phi) is 5.91. The molecule has 5 fully saturated rings. The predicted molar refractivity (Wildman–Crippen MR) is 160 cm³/mol. The van der Waals surface area contributed by atoms with Gasteiger partial charge in [0.25, 0.3) is 0 Å². The number of phenolic OH excluding ortho intramolecular Hbond substituents is 1. The lowest BCUT2D eigenvalue weighted by molar-refractivity contribution is 0.107. The van der Waals surface area contributed by atoms with Crippen molar-refractivity contribution in [3.8, 4) is 35.4 Å². The zero-order chi connectivity index (χ0) is 30.2. The quantitative estimate of drug-likeness (QED) is 0.326. The minimum atomic E-state index is -0.733. The van der Waals surface area contributed by atoms with Gasteiger partial charge in [-0.15, -0.1) is 6.42 Å². The van der Waals surface area contributed by atoms with E-state index in [9.17, 15) is 9.50 Å². The number of phenols is 1. The monoisotopic (exact) mass is 583 g/mol. The molecular formula is C33H32F2N6O2. The maximum absolute atomic E-state index is 16.8. The molecule has 2 N–H and O–H groups in total. The van der Waals surface area contributed by atoms with E-state index in [-0.39, 0.29) is 57.5 Å². The summed E-state index contributed by atoms with van der Waals surface area (Å²) in [6, 6.07) is 6.10. The molecule has 220 valence electrons. The molecule has 2 aromatic carbocycles. The molecule has 4 aromatic rings. The number of aromatic nitrogens is 3. The second-order valence-electron chi connectivity index (χ2n) is 12.2. The van der Waals surface area contributed by atoms with E-state index in [0.717, 1.165) is 58.3 Å². The van der Waals surface area contributed by atoms with Crippen molar-refractivity contribution in [3.05, 3.63) is 47.7 Å². The van der Waals surface area contributed by atoms with E-state index in [1.807, 2.05) is 0 Å². The van der Waals surface area contributed by atoms with Crippen molar-refractivity contribution >= 4 is 27.5 Å². The number of aromatic hydroxyl groups is 1. The lowest BCUT2D eigenvalue weighted by Gasteiger charge is -2.46. The highest BCUT2D eigenvalue weighted by molar-refractivity contribution is 6.03. The highest BCUT2D eigenvalue weighted by Crippen LogP contribution is 2.41. The zero-order valence-electron chi connectivity index (χ0n) is 24.6. The molecule has 10 heteroatoms. The molecule has 2 bridgehead atoms. The average Bonchev–Trinajstić information content (AvgIpc) is 3.56. The van der Waals surface area contributed by atoms with E-state index >= 15 is 4.39 Å². The summed E-state index contributed by atoms with van der Waals surface area (Å²) >= 11 is 0. The first-order valence-electron chi connectivity index (χ1n) is 15.5. The normalized spacial score (nSPS) is 27.0. The van der Waals surface area contributed by atoms with Gasteiger partial charge in [0.1, 0.15) is 35.2 Å². The molecule has 7 heterocycles. The Bertz CT molecular complexity index is 1860. The molecule has 8 nitrogen and oxygen atoms in total. The number of nitrogens with one attached hydrogen (secondary N) is 1. The fourth-order valence-electron chi connectivity index (χ4n) is 7.63. The van der Waals surface area contributed by atoms with Crippen LogP contribution in [0.25, 0.3) is 32.9 Å². The number of fused-ring (bicyclic) bond motifs is 6. The summed E-state index contributed by atoms with van der Waals surface area (Å²) in [6.45, 7) is 3.51. The Balaban J connectivity index is 1.29. The van der Waals surface area contributed by atoms with Crippen LogP contribution in [-0.2, 0) is 0 Å². The first-order valence-corrected chi connectivity index (χ1v) is 14.9. The van der Waals surface area contributed by atoms with Gasteiger partial charge in [0.05, 0.1) is 16.5 Å². The number of pyridine rings is 1. The van der Waals surface area contributed by atoms with Crippen LogP contribution in [0.5, 0.6) is 11.8 Å². The number of ether oxygens (including phenoxy) is 1. The van der Waals surface area contributed by atoms with E-state index in [1.165, 1.54) is 24.3 Å². The minimum Gasteiger partial charge on any atom is -0.508 e. The van der Waals surface area contributed by atoms with Crippen LogP contribution in [0.2, 0.25) is 0 Å². The summed E-state index contributed by atoms with van der Waals surface area (Å²) in [5.74, 6) is 1.47. The van der Waals surface area contributed by atoms with Gasteiger partial charge in [0.15, 0.2) is 5.82 Å². The molecule has 4 atom stereocenters. The third kappa shape index (κ3) is 4.20. The molecular weight excluding hydrogens is 550 g/mol. The van der Waals surface area contributed by atoms with E-state index < -0.39 is 11.6 Å². The fraction of sp³-hybridized carbons (Fsp3) is 0.424. The summed E-state index contributed by atoms with van der Waals surface area (Å²) in [4.78, 5) is 18.5. The van der Waals surface area contributed by atoms with Gasteiger partial charge >= 0.3 is 6.01 Å². The Hall–Kier alpha value is -4.07. The van der Waals surface area contributed by atoms with Crippen LogP contribution in [0.15, 0.2) is 30.5 Å². The van der Waals surface area contributed by atoms with Crippen molar-refractivity contribution in [1.29, 1.82) is 0 Å². The van der Waals surface area contributed by atoms with Gasteiger partial charge < -0.3 is 20.1 Å². The lowest BCUT2D eigenvalue weighted by atomic mass is 9.92. The number of anilines is 1. The summed E-state index contributed by atoms with van der Waals surface area (Å²) in [5, 5.41) is 15.3. The van der Waals surface area contributed by atoms with Crippen molar-refractivity contribution in [2.75, 3.05) is 37.7 Å². The number of halogens is 2. The number of hydrogen-bond donors (Lipinski definition) is 2. The van der Waals surface area contributed by atoms with Crippen LogP contribution in [0.1, 0.15) is 45.4 Å². The van der Waals surface area contributed by atoms with Crippen LogP contribution in [-0.4, -0.2) is 75.4 Å². The number of nitrogens with zero attached hydrogens (tertiary/aromatic N) is 5. The van der Waals surface area contributed by atoms with E-state index in [4.69, 9.17) is 17.5 Å². The smallest absolute Gasteiger partial charge is 0.319 e. The van der Waals surface area contributed by atoms with Gasteiger partial charge in [-0.05, 0) is 75.2 Å². The third-order valence-corrected chi connectivity index (χ3v) is 9.80. The van der Waals surface area contributed by atoms with Crippen molar-refractivity contribution in [1.82, 2.24) is 25.2 Å². The van der Waals surface area contributed by atoms with Crippen molar-refractivity contribution in [2.45, 2.75) is 56.1 Å². The van der Waals surface area contributed by atoms with Gasteiger partial charge in [-0.2, -0.15) is 9.97 Å². The molecule has 43 heavy (non-hydrogen) atoms. The molecule has 5 saturated heterocycles. The lowest BCUT2D eigenvalue weighted by Crippen LogP contribution is -2.61. The van der Waals surface area contributed by atoms with Gasteiger partial charge in [-0.25, -0.2) is 8.78 Å². The highest BCUT2D eigenvalue weighted by atomic mass is 19.1. The number of benzene rings is 2. The SMILES string of the molecule is [2H][C@H]1CN2CCC[C@@]2(COc2nc(N3CC4CCC3CN4)c3cnc(-c4cc(O)cc5ccc(F)c(C#C)c45)c(F)c3n2)C1. The molecule has 5 aliphatic rings. The Morgan fingerprint density at radius 2 is 2.12 bits per heavy atom. The molecule has 2 unspecified atom stereocenters. The third-order valence-electron chi connectivity index (χ3n) is 9.80. The number of rotatable bonds is 5. The Labute approximate surface area is 249 Å². The first kappa shape index (κ1) is 25.4. The summed E-state index contributed by atoms with van der Waals surface area (Å²) in [6.07, 6.45) is 11.8. The van der Waals surface area contributed by atoms with Gasteiger partial charge in [-0.3, -0.25) is 9.88 Å². The molecule has 0 amide bonds. The predicted octanol–water partition coefficient (Wildman–Crippen LogP) is 4.76. The highest BCUT2D eigenvalue weighted by Gasteiger charge is 2.45. The maximum atomic E-state index is 16.8. The van der Waals surface area contributed by atoms with Crippen LogP contribution in [0.4, 0.5) is 14.6 Å². The van der Waals surface area contributed by atoms with Crippen molar-refractivity contribution in [3.63, 3.8) is 0 Å². The second-order valence-corrected chi connectivity index (χ2v) is 12.2. The maximum Gasteiger partial charge on any atom is 0.319 e. The number of terminal acetylenes is 1. The molecule has 0 spiro atoms. The van der Waals surface area contributed by atoms with Crippen LogP contribution < -0.4 is 15.0 Å². The van der Waals surface area contributed by atoms with Crippen molar-refractivity contribution < 1.29 is 20.0 Å². The van der Waals surface area contributed by atoms with Crippen LogP contribution >= 0.6 is 0 Å². The van der Waals surface area contributed by atoms with Crippen LogP contribution in [0.3, 0.4) is 0 Å². The summed E-state index contributed by atoms with van der Waals surface area (Å²) < 4.78 is 46.2. The van der Waals surface area contributed by atoms with Crippen molar-refractivity contribution in [2.24, 2.45) is 0 Å². The zero-order valence-corrected chi connectivity index (χ0v) is 23.6. The molecule has 5 aliphatic heterocycles. The minimum absolute atomic E-state index is 0.0325. The van der Waals surface area contributed by atoms with Gasteiger partial charge in [0.2, 0.25) is 0 Å². The van der Waals surface area contributed by atoms with Gasteiger partial charge in [-0.1, -0.05) is 12.0 Å². The number of hydrogen-bond acceptors (Lipinski definition) is 8. The van der Waals surface area contributed by atoms with E-state index in [1.54, 1.807) is 6.20 Å². The molecule has 0 aliphatic carbocycles. The fourth-order valence-corrected chi connectivity index (χ4v) is 7.63. The largest absolute Gasteiger partial charge is 0.508 e. The number of piperidine rings is 2. The van der Waals surface area contributed by atoms with E-state index in [2.05, 4.69) is 31.0 Å². The van der Waals surface area contributed by atoms with Gasteiger partial charge in [0, 0.05) is 43.7 Å². The van der Waals surface area contributed by atoms with E-state index in [0.29, 0.717) is 29.2 Å². The number of piperazine rings is 1. The molecule has 0 radical (unpaired) electrons. The molecule has 9 rings (SSSR count). The summed E-state index contributed by atoms with van der Waals surface area (Å²) in [7, 11) is 0. The molecule has 2 aromatic heterocycles. The Morgan fingerprint density at radius 3 is 2.91 bits per heavy atom. The topological polar surface area (TPSA) is 86.6 Å². The first-order chi connectivity index (χ1) is 21.3. The standard InChI is InChI=1S/C33H32F2N6O2/c1-2-23-26(34)8-5-19-13-22(42)14-24(27(19)23)29-28(35)30-25(16-37-29)31(41-17-20-6-7-21(41)15-36-20)39-32(38-30)43-18-33-9-3-11-40(33)12-4-10-33/h1,5,8,13-14,16,20-21,36,42H,3-4,6-7,9-12,15,17-18H2/i3D/t3-,20?,21?,33-/m1/s1. The molecule has 0 saturated carbocycles. The average molecular weight is 584 g/mol. The Morgan fingerprint density at radius 1 is 1.21 bits per heavy atom. The summed E-state index contributed by atoms with van der Waals surface area (Å²) in [5.41, 5.74) is -0.176. The second kappa shape index (κ2) is 10.00. The van der Waals surface area contributed by atoms with Crippen LogP contribution in [0, 0.1) is 24.0 Å².